The zero-order valence-electron chi connectivity index (χ0n) is 16.5. The van der Waals surface area contributed by atoms with E-state index in [2.05, 4.69) is 10.3 Å². The largest absolute Gasteiger partial charge is 0.433 e. The Balaban J connectivity index is 1.83. The number of hydrogen-bond acceptors (Lipinski definition) is 5. The second-order valence-electron chi connectivity index (χ2n) is 6.80. The number of pyridine rings is 1. The molecule has 31 heavy (non-hydrogen) atoms. The van der Waals surface area contributed by atoms with Crippen LogP contribution in [0.5, 0.6) is 0 Å². The van der Waals surface area contributed by atoms with Crippen molar-refractivity contribution in [2.75, 3.05) is 5.32 Å². The Morgan fingerprint density at radius 2 is 1.71 bits per heavy atom. The van der Waals surface area contributed by atoms with Crippen LogP contribution in [0.1, 0.15) is 29.4 Å². The lowest BCUT2D eigenvalue weighted by molar-refractivity contribution is -0.141. The molecular weight excluding hydrogens is 417 g/mol. The number of carbonyl (C=O) groups excluding carboxylic acids is 2. The average molecular weight is 434 g/mol. The van der Waals surface area contributed by atoms with Crippen molar-refractivity contribution in [2.24, 2.45) is 7.05 Å². The molecule has 0 aliphatic heterocycles. The Hall–Kier alpha value is -3.76. The summed E-state index contributed by atoms with van der Waals surface area (Å²) in [6, 6.07) is 7.79. The number of aryl methyl sites for hydroxylation is 1. The van der Waals surface area contributed by atoms with Gasteiger partial charge in [0.2, 0.25) is 5.91 Å². The van der Waals surface area contributed by atoms with Gasteiger partial charge in [-0.3, -0.25) is 23.5 Å². The van der Waals surface area contributed by atoms with Crippen molar-refractivity contribution in [1.29, 1.82) is 0 Å². The van der Waals surface area contributed by atoms with E-state index in [1.807, 2.05) is 0 Å². The molecule has 3 rings (SSSR count). The number of ketones is 1. The van der Waals surface area contributed by atoms with Crippen molar-refractivity contribution in [3.8, 4) is 0 Å². The van der Waals surface area contributed by atoms with Crippen molar-refractivity contribution < 1.29 is 22.8 Å². The molecule has 0 radical (unpaired) electrons. The molecule has 0 bridgehead atoms. The summed E-state index contributed by atoms with van der Waals surface area (Å²) in [7, 11) is 1.20. The van der Waals surface area contributed by atoms with Gasteiger partial charge in [-0.25, -0.2) is 9.78 Å². The molecule has 162 valence electrons. The molecular formula is C20H17F3N4O4. The highest BCUT2D eigenvalue weighted by molar-refractivity contribution is 5.95. The zero-order valence-corrected chi connectivity index (χ0v) is 16.5. The van der Waals surface area contributed by atoms with Crippen LogP contribution in [0.2, 0.25) is 0 Å². The predicted molar refractivity (Wildman–Crippen MR) is 106 cm³/mol. The minimum absolute atomic E-state index is 0.124. The Kier molecular flexibility index (Phi) is 5.78. The van der Waals surface area contributed by atoms with Gasteiger partial charge in [0, 0.05) is 31.3 Å². The number of fused-ring (bicyclic) bond motifs is 1. The van der Waals surface area contributed by atoms with Gasteiger partial charge in [-0.2, -0.15) is 13.2 Å². The first kappa shape index (κ1) is 21.9. The highest BCUT2D eigenvalue weighted by atomic mass is 19.4. The van der Waals surface area contributed by atoms with E-state index in [1.165, 1.54) is 14.0 Å². The number of nitrogens with zero attached hydrogens (tertiary/aromatic N) is 3. The van der Waals surface area contributed by atoms with E-state index in [-0.39, 0.29) is 24.1 Å². The topological polar surface area (TPSA) is 103 Å². The fourth-order valence-corrected chi connectivity index (χ4v) is 2.96. The van der Waals surface area contributed by atoms with Crippen LogP contribution in [0.25, 0.3) is 11.0 Å². The van der Waals surface area contributed by atoms with Crippen LogP contribution in [0.15, 0.2) is 46.0 Å². The van der Waals surface area contributed by atoms with Crippen LogP contribution in [-0.2, 0) is 24.6 Å². The minimum atomic E-state index is -4.72. The summed E-state index contributed by atoms with van der Waals surface area (Å²) in [5.74, 6) is -0.614. The maximum absolute atomic E-state index is 12.9. The van der Waals surface area contributed by atoms with E-state index < -0.39 is 34.7 Å². The summed E-state index contributed by atoms with van der Waals surface area (Å²) in [5, 5.41) is 2.41. The standard InChI is InChI=1S/C20H17F3N4O4/c1-11(28)12-3-5-13(6-4-12)24-16(29)9-10-27-18(30)14-7-8-15(20(21,22)23)25-17(14)26(2)19(27)31/h3-8H,9-10H2,1-2H3,(H,24,29). The summed E-state index contributed by atoms with van der Waals surface area (Å²) in [4.78, 5) is 51.9. The molecule has 0 unspecified atom stereocenters. The van der Waals surface area contributed by atoms with E-state index in [0.29, 0.717) is 17.3 Å². The second kappa shape index (κ2) is 8.17. The van der Waals surface area contributed by atoms with Crippen molar-refractivity contribution in [3.63, 3.8) is 0 Å². The van der Waals surface area contributed by atoms with Gasteiger partial charge in [0.25, 0.3) is 5.56 Å². The summed E-state index contributed by atoms with van der Waals surface area (Å²) in [5.41, 5.74) is -2.43. The number of benzene rings is 1. The maximum Gasteiger partial charge on any atom is 0.433 e. The fourth-order valence-electron chi connectivity index (χ4n) is 2.96. The van der Waals surface area contributed by atoms with Crippen LogP contribution in [0.3, 0.4) is 0 Å². The van der Waals surface area contributed by atoms with Crippen LogP contribution >= 0.6 is 0 Å². The minimum Gasteiger partial charge on any atom is -0.326 e. The molecule has 0 saturated heterocycles. The molecule has 1 amide bonds. The number of halogens is 3. The van der Waals surface area contributed by atoms with E-state index in [4.69, 9.17) is 0 Å². The number of rotatable bonds is 5. The van der Waals surface area contributed by atoms with Crippen LogP contribution in [0.4, 0.5) is 18.9 Å². The molecule has 0 aliphatic rings. The molecule has 0 spiro atoms. The second-order valence-corrected chi connectivity index (χ2v) is 6.80. The monoisotopic (exact) mass is 434 g/mol. The van der Waals surface area contributed by atoms with E-state index in [9.17, 15) is 32.3 Å². The fraction of sp³-hybridized carbons (Fsp3) is 0.250. The SMILES string of the molecule is CC(=O)c1ccc(NC(=O)CCn2c(=O)c3ccc(C(F)(F)F)nc3n(C)c2=O)cc1. The number of alkyl halides is 3. The molecule has 2 heterocycles. The van der Waals surface area contributed by atoms with Crippen molar-refractivity contribution in [3.05, 3.63) is 68.5 Å². The lowest BCUT2D eigenvalue weighted by Gasteiger charge is -2.12. The van der Waals surface area contributed by atoms with Gasteiger partial charge in [0.15, 0.2) is 5.78 Å². The highest BCUT2D eigenvalue weighted by Gasteiger charge is 2.33. The lowest BCUT2D eigenvalue weighted by atomic mass is 10.1. The molecule has 1 aromatic carbocycles. The first-order chi connectivity index (χ1) is 14.5. The molecule has 0 aliphatic carbocycles. The third-order valence-electron chi connectivity index (χ3n) is 4.61. The Bertz CT molecular complexity index is 1290. The van der Waals surface area contributed by atoms with E-state index in [1.54, 1.807) is 24.3 Å². The highest BCUT2D eigenvalue weighted by Crippen LogP contribution is 2.28. The number of hydrogen-bond donors (Lipinski definition) is 1. The maximum atomic E-state index is 12.9. The molecule has 1 N–H and O–H groups in total. The third kappa shape index (κ3) is 4.55. The number of amides is 1. The molecule has 11 heteroatoms. The first-order valence-electron chi connectivity index (χ1n) is 9.07. The summed E-state index contributed by atoms with van der Waals surface area (Å²) in [6.45, 7) is 1.13. The smallest absolute Gasteiger partial charge is 0.326 e. The summed E-state index contributed by atoms with van der Waals surface area (Å²) in [6.07, 6.45) is -4.96. The number of carbonyl (C=O) groups is 2. The van der Waals surface area contributed by atoms with Gasteiger partial charge in [-0.1, -0.05) is 0 Å². The predicted octanol–water partition coefficient (Wildman–Crippen LogP) is 2.35. The number of anilines is 1. The third-order valence-corrected chi connectivity index (χ3v) is 4.61. The van der Waals surface area contributed by atoms with Gasteiger partial charge in [-0.15, -0.1) is 0 Å². The van der Waals surface area contributed by atoms with Crippen LogP contribution < -0.4 is 16.6 Å². The number of aromatic nitrogens is 3. The normalized spacial score (nSPS) is 11.5. The van der Waals surface area contributed by atoms with Crippen LogP contribution in [-0.4, -0.2) is 25.8 Å². The Morgan fingerprint density at radius 3 is 2.29 bits per heavy atom. The summed E-state index contributed by atoms with van der Waals surface area (Å²) < 4.78 is 40.3. The number of Topliss-reactive ketones (excluding diaryl/α,β-unsaturated/α-hetero) is 1. The Labute approximate surface area is 172 Å². The van der Waals surface area contributed by atoms with Gasteiger partial charge in [0.05, 0.1) is 5.39 Å². The molecule has 0 atom stereocenters. The zero-order chi connectivity index (χ0) is 22.9. The Morgan fingerprint density at radius 1 is 1.06 bits per heavy atom. The quantitative estimate of drug-likeness (QED) is 0.621. The molecule has 0 saturated carbocycles. The van der Waals surface area contributed by atoms with Crippen molar-refractivity contribution >= 4 is 28.4 Å². The van der Waals surface area contributed by atoms with Crippen molar-refractivity contribution in [2.45, 2.75) is 26.1 Å². The van der Waals surface area contributed by atoms with Gasteiger partial charge >= 0.3 is 11.9 Å². The van der Waals surface area contributed by atoms with Gasteiger partial charge in [-0.05, 0) is 43.3 Å². The summed E-state index contributed by atoms with van der Waals surface area (Å²) >= 11 is 0. The first-order valence-corrected chi connectivity index (χ1v) is 9.07. The van der Waals surface area contributed by atoms with Gasteiger partial charge in [0.1, 0.15) is 11.3 Å². The van der Waals surface area contributed by atoms with Gasteiger partial charge < -0.3 is 5.32 Å². The molecule has 3 aromatic rings. The lowest BCUT2D eigenvalue weighted by Crippen LogP contribution is -2.40. The molecule has 8 nitrogen and oxygen atoms in total. The number of nitrogens with one attached hydrogen (secondary N) is 1. The average Bonchev–Trinajstić information content (AvgIpc) is 2.71. The van der Waals surface area contributed by atoms with E-state index >= 15 is 0 Å². The molecule has 0 fully saturated rings. The molecule has 2 aromatic heterocycles. The van der Waals surface area contributed by atoms with Crippen molar-refractivity contribution in [1.82, 2.24) is 14.1 Å². The van der Waals surface area contributed by atoms with E-state index in [0.717, 1.165) is 15.2 Å². The van der Waals surface area contributed by atoms with Crippen LogP contribution in [0, 0.1) is 0 Å².